The molecule has 2 heterocycles. The Morgan fingerprint density at radius 2 is 1.68 bits per heavy atom. The number of pyridine rings is 1. The SMILES string of the molecule is CC1(C)C[C@@H]1N(CC(=O)c1c(Cl)cncc1Cl)C(=O)c1cnn([C@H]2CC[C@H](C(=O)O)CC2)c1C(F)(F)F. The number of hydrogen-bond acceptors (Lipinski definition) is 5. The second kappa shape index (κ2) is 9.90. The largest absolute Gasteiger partial charge is 0.481 e. The second-order valence-corrected chi connectivity index (χ2v) is 11.1. The van der Waals surface area contributed by atoms with Gasteiger partial charge in [-0.25, -0.2) is 0 Å². The molecule has 1 N–H and O–H groups in total. The van der Waals surface area contributed by atoms with E-state index in [4.69, 9.17) is 23.2 Å². The van der Waals surface area contributed by atoms with Crippen LogP contribution in [-0.2, 0) is 11.0 Å². The van der Waals surface area contributed by atoms with E-state index in [0.29, 0.717) is 6.42 Å². The fourth-order valence-corrected chi connectivity index (χ4v) is 5.58. The second-order valence-electron chi connectivity index (χ2n) is 10.2. The number of carboxylic acids is 1. The highest BCUT2D eigenvalue weighted by atomic mass is 35.5. The molecule has 2 fully saturated rings. The van der Waals surface area contributed by atoms with E-state index in [2.05, 4.69) is 10.1 Å². The topological polar surface area (TPSA) is 105 Å². The third-order valence-corrected chi connectivity index (χ3v) is 7.80. The molecule has 0 saturated heterocycles. The van der Waals surface area contributed by atoms with Crippen LogP contribution in [0.1, 0.15) is 78.4 Å². The van der Waals surface area contributed by atoms with Gasteiger partial charge in [-0.1, -0.05) is 37.0 Å². The summed E-state index contributed by atoms with van der Waals surface area (Å²) in [5.41, 5.74) is -2.32. The number of amides is 1. The van der Waals surface area contributed by atoms with Gasteiger partial charge in [0.05, 0.1) is 45.9 Å². The maximum atomic E-state index is 14.3. The van der Waals surface area contributed by atoms with Gasteiger partial charge in [0.1, 0.15) is 0 Å². The van der Waals surface area contributed by atoms with Crippen LogP contribution in [-0.4, -0.2) is 55.0 Å². The van der Waals surface area contributed by atoms with Gasteiger partial charge < -0.3 is 10.0 Å². The van der Waals surface area contributed by atoms with Crippen molar-refractivity contribution in [2.75, 3.05) is 6.54 Å². The molecule has 0 spiro atoms. The Bertz CT molecular complexity index is 1220. The van der Waals surface area contributed by atoms with Crippen molar-refractivity contribution in [3.05, 3.63) is 45.5 Å². The Morgan fingerprint density at radius 3 is 2.16 bits per heavy atom. The van der Waals surface area contributed by atoms with E-state index in [-0.39, 0.29) is 41.3 Å². The van der Waals surface area contributed by atoms with Crippen LogP contribution in [0.5, 0.6) is 0 Å². The van der Waals surface area contributed by atoms with Crippen LogP contribution in [0.4, 0.5) is 13.2 Å². The van der Waals surface area contributed by atoms with Crippen molar-refractivity contribution in [3.63, 3.8) is 0 Å². The molecule has 200 valence electrons. The molecule has 1 atom stereocenters. The summed E-state index contributed by atoms with van der Waals surface area (Å²) >= 11 is 12.2. The number of halogens is 5. The molecular formula is C24H25Cl2F3N4O4. The number of alkyl halides is 3. The average molecular weight is 561 g/mol. The van der Waals surface area contributed by atoms with Crippen molar-refractivity contribution < 1.29 is 32.7 Å². The number of carbonyl (C=O) groups is 3. The van der Waals surface area contributed by atoms with E-state index in [1.165, 1.54) is 12.4 Å². The Balaban J connectivity index is 1.67. The van der Waals surface area contributed by atoms with Gasteiger partial charge in [0, 0.05) is 18.4 Å². The molecule has 0 aliphatic heterocycles. The summed E-state index contributed by atoms with van der Waals surface area (Å²) in [5.74, 6) is -3.19. The van der Waals surface area contributed by atoms with Crippen molar-refractivity contribution >= 4 is 40.9 Å². The normalized spacial score (nSPS) is 22.9. The number of ketones is 1. The maximum absolute atomic E-state index is 14.3. The highest BCUT2D eigenvalue weighted by Crippen LogP contribution is 2.49. The zero-order chi connectivity index (χ0) is 27.3. The molecule has 1 amide bonds. The molecule has 0 unspecified atom stereocenters. The third-order valence-electron chi connectivity index (χ3n) is 7.23. The van der Waals surface area contributed by atoms with Crippen molar-refractivity contribution in [1.82, 2.24) is 19.7 Å². The van der Waals surface area contributed by atoms with Crippen LogP contribution in [0.25, 0.3) is 0 Å². The molecule has 2 aliphatic rings. The molecule has 8 nitrogen and oxygen atoms in total. The first-order valence-corrected chi connectivity index (χ1v) is 12.5. The summed E-state index contributed by atoms with van der Waals surface area (Å²) in [6.45, 7) is 3.18. The van der Waals surface area contributed by atoms with Crippen LogP contribution in [0, 0.1) is 11.3 Å². The van der Waals surface area contributed by atoms with Gasteiger partial charge >= 0.3 is 12.1 Å². The minimum Gasteiger partial charge on any atom is -0.481 e. The first kappa shape index (κ1) is 27.4. The molecule has 4 rings (SSSR count). The number of carbonyl (C=O) groups excluding carboxylic acids is 2. The Morgan fingerprint density at radius 1 is 1.11 bits per heavy atom. The quantitative estimate of drug-likeness (QED) is 0.445. The highest BCUT2D eigenvalue weighted by Gasteiger charge is 2.53. The van der Waals surface area contributed by atoms with E-state index < -0.39 is 65.1 Å². The summed E-state index contributed by atoms with van der Waals surface area (Å²) < 4.78 is 43.7. The van der Waals surface area contributed by atoms with Crippen molar-refractivity contribution in [2.24, 2.45) is 11.3 Å². The van der Waals surface area contributed by atoms with Crippen molar-refractivity contribution in [3.8, 4) is 0 Å². The lowest BCUT2D eigenvalue weighted by Gasteiger charge is -2.28. The number of aliphatic carboxylic acids is 1. The number of aromatic nitrogens is 3. The molecule has 13 heteroatoms. The Kier molecular flexibility index (Phi) is 7.33. The van der Waals surface area contributed by atoms with E-state index in [1.807, 2.05) is 13.8 Å². The van der Waals surface area contributed by atoms with Crippen molar-refractivity contribution in [2.45, 2.75) is 64.2 Å². The molecule has 2 aromatic rings. The predicted molar refractivity (Wildman–Crippen MR) is 128 cm³/mol. The van der Waals surface area contributed by atoms with Gasteiger partial charge in [-0.05, 0) is 37.5 Å². The molecule has 37 heavy (non-hydrogen) atoms. The number of carboxylic acid groups (broad SMARTS) is 1. The zero-order valence-electron chi connectivity index (χ0n) is 20.1. The number of Topliss-reactive ketones (excluding diaryl/α,β-unsaturated/α-hetero) is 1. The Labute approximate surface area is 220 Å². The predicted octanol–water partition coefficient (Wildman–Crippen LogP) is 5.54. The van der Waals surface area contributed by atoms with Crippen LogP contribution in [0.3, 0.4) is 0 Å². The minimum absolute atomic E-state index is 0.0271. The smallest absolute Gasteiger partial charge is 0.433 e. The molecule has 0 aromatic carbocycles. The van der Waals surface area contributed by atoms with Crippen LogP contribution in [0.2, 0.25) is 10.0 Å². The van der Waals surface area contributed by atoms with E-state index in [9.17, 15) is 32.7 Å². The fourth-order valence-electron chi connectivity index (χ4n) is 5.01. The minimum atomic E-state index is -4.91. The number of nitrogens with zero attached hydrogens (tertiary/aromatic N) is 4. The summed E-state index contributed by atoms with van der Waals surface area (Å²) in [7, 11) is 0. The summed E-state index contributed by atoms with van der Waals surface area (Å²) in [5, 5.41) is 13.1. The summed E-state index contributed by atoms with van der Waals surface area (Å²) in [6.07, 6.45) is -0.282. The van der Waals surface area contributed by atoms with Gasteiger partial charge in [-0.3, -0.25) is 24.0 Å². The van der Waals surface area contributed by atoms with Crippen molar-refractivity contribution in [1.29, 1.82) is 0 Å². The van der Waals surface area contributed by atoms with Gasteiger partial charge in [-0.15, -0.1) is 0 Å². The molecule has 0 radical (unpaired) electrons. The van der Waals surface area contributed by atoms with Crippen LogP contribution >= 0.6 is 23.2 Å². The van der Waals surface area contributed by atoms with Gasteiger partial charge in [0.25, 0.3) is 5.91 Å². The molecule has 2 saturated carbocycles. The lowest BCUT2D eigenvalue weighted by Crippen LogP contribution is -2.40. The zero-order valence-corrected chi connectivity index (χ0v) is 21.6. The lowest BCUT2D eigenvalue weighted by atomic mass is 9.86. The lowest BCUT2D eigenvalue weighted by molar-refractivity contribution is -0.147. The van der Waals surface area contributed by atoms with E-state index in [0.717, 1.165) is 15.8 Å². The average Bonchev–Trinajstić information content (AvgIpc) is 3.22. The van der Waals surface area contributed by atoms with Crippen LogP contribution < -0.4 is 0 Å². The van der Waals surface area contributed by atoms with Gasteiger partial charge in [-0.2, -0.15) is 18.3 Å². The highest BCUT2D eigenvalue weighted by molar-refractivity contribution is 6.39. The first-order valence-electron chi connectivity index (χ1n) is 11.7. The summed E-state index contributed by atoms with van der Waals surface area (Å²) in [6, 6.07) is -1.17. The molecule has 2 aliphatic carbocycles. The van der Waals surface area contributed by atoms with E-state index >= 15 is 0 Å². The maximum Gasteiger partial charge on any atom is 0.433 e. The number of rotatable bonds is 7. The molecule has 0 bridgehead atoms. The fraction of sp³-hybridized carbons (Fsp3) is 0.542. The van der Waals surface area contributed by atoms with Gasteiger partial charge in [0.15, 0.2) is 11.5 Å². The van der Waals surface area contributed by atoms with E-state index in [1.54, 1.807) is 0 Å². The summed E-state index contributed by atoms with van der Waals surface area (Å²) in [4.78, 5) is 42.9. The van der Waals surface area contributed by atoms with Crippen LogP contribution in [0.15, 0.2) is 18.6 Å². The molecular weight excluding hydrogens is 536 g/mol. The standard InChI is InChI=1S/C24H25Cl2F3N4O4/c1-23(2)7-18(23)32(11-17(34)19-15(25)9-30-10-16(19)26)21(35)14-8-31-33(20(14)24(27,28)29)13-5-3-12(4-6-13)22(36)37/h8-10,12-13,18H,3-7,11H2,1-2H3,(H,36,37)/t12-,13-,18-/m0/s1. The first-order chi connectivity index (χ1) is 17.2. The Hall–Kier alpha value is -2.66. The number of hydrogen-bond donors (Lipinski definition) is 1. The monoisotopic (exact) mass is 560 g/mol. The third kappa shape index (κ3) is 5.47. The molecule has 2 aromatic heterocycles. The van der Waals surface area contributed by atoms with Gasteiger partial charge in [0.2, 0.25) is 0 Å².